The first-order chi connectivity index (χ1) is 6.16. The number of nitrogen functional groups attached to an aromatic ring is 1. The number of fused-ring (bicyclic) bond motifs is 1. The van der Waals surface area contributed by atoms with E-state index in [0.29, 0.717) is 11.7 Å². The molecule has 3 heteroatoms. The second-order valence-corrected chi connectivity index (χ2v) is 3.45. The van der Waals surface area contributed by atoms with Crippen LogP contribution in [0.1, 0.15) is 25.5 Å². The van der Waals surface area contributed by atoms with Crippen molar-refractivity contribution in [2.75, 3.05) is 5.73 Å². The van der Waals surface area contributed by atoms with Crippen molar-refractivity contribution in [2.45, 2.75) is 19.8 Å². The molecule has 2 rings (SSSR count). The van der Waals surface area contributed by atoms with Crippen molar-refractivity contribution in [3.05, 3.63) is 24.1 Å². The Morgan fingerprint density at radius 2 is 2.15 bits per heavy atom. The van der Waals surface area contributed by atoms with Crippen molar-refractivity contribution in [3.8, 4) is 0 Å². The number of anilines is 1. The molecule has 3 nitrogen and oxygen atoms in total. The van der Waals surface area contributed by atoms with E-state index in [0.717, 1.165) is 16.7 Å². The third-order valence-corrected chi connectivity index (χ3v) is 2.01. The molecule has 13 heavy (non-hydrogen) atoms. The average Bonchev–Trinajstić information content (AvgIpc) is 2.46. The summed E-state index contributed by atoms with van der Waals surface area (Å²) in [6.07, 6.45) is 1.66. The summed E-state index contributed by atoms with van der Waals surface area (Å²) in [5, 5.41) is 1.02. The molecular weight excluding hydrogens is 164 g/mol. The first kappa shape index (κ1) is 8.10. The number of rotatable bonds is 1. The van der Waals surface area contributed by atoms with Gasteiger partial charge in [-0.15, -0.1) is 0 Å². The maximum atomic E-state index is 5.57. The summed E-state index contributed by atoms with van der Waals surface area (Å²) in [4.78, 5) is 3.96. The lowest BCUT2D eigenvalue weighted by atomic mass is 10.1. The van der Waals surface area contributed by atoms with Gasteiger partial charge in [-0.2, -0.15) is 0 Å². The van der Waals surface area contributed by atoms with E-state index in [-0.39, 0.29) is 0 Å². The molecule has 0 aliphatic heterocycles. The molecule has 68 valence electrons. The van der Waals surface area contributed by atoms with Gasteiger partial charge in [0.2, 0.25) is 0 Å². The summed E-state index contributed by atoms with van der Waals surface area (Å²) in [6, 6.07) is 3.84. The Labute approximate surface area is 76.6 Å². The molecule has 2 aromatic heterocycles. The van der Waals surface area contributed by atoms with E-state index in [9.17, 15) is 0 Å². The molecule has 2 heterocycles. The topological polar surface area (TPSA) is 52.0 Å². The molecule has 0 amide bonds. The highest BCUT2D eigenvalue weighted by Gasteiger charge is 2.07. The third kappa shape index (κ3) is 1.37. The van der Waals surface area contributed by atoms with Gasteiger partial charge in [0, 0.05) is 11.3 Å². The minimum absolute atomic E-state index is 0.397. The molecule has 0 unspecified atom stereocenters. The van der Waals surface area contributed by atoms with Crippen LogP contribution in [-0.4, -0.2) is 4.98 Å². The number of hydrogen-bond donors (Lipinski definition) is 1. The minimum Gasteiger partial charge on any atom is -0.459 e. The Kier molecular flexibility index (Phi) is 1.72. The normalized spacial score (nSPS) is 11.3. The fourth-order valence-corrected chi connectivity index (χ4v) is 1.27. The third-order valence-electron chi connectivity index (χ3n) is 2.01. The summed E-state index contributed by atoms with van der Waals surface area (Å²) in [6.45, 7) is 4.18. The summed E-state index contributed by atoms with van der Waals surface area (Å²) < 4.78 is 5.57. The van der Waals surface area contributed by atoms with Crippen molar-refractivity contribution in [2.24, 2.45) is 0 Å². The number of nitrogens with two attached hydrogens (primary N) is 1. The first-order valence-electron chi connectivity index (χ1n) is 4.32. The SMILES string of the molecule is CC(C)c1cc2cc(N)ncc2o1. The second-order valence-electron chi connectivity index (χ2n) is 3.45. The lowest BCUT2D eigenvalue weighted by Crippen LogP contribution is -1.86. The van der Waals surface area contributed by atoms with Crippen molar-refractivity contribution in [3.63, 3.8) is 0 Å². The fraction of sp³-hybridized carbons (Fsp3) is 0.300. The first-order valence-corrected chi connectivity index (χ1v) is 4.32. The summed E-state index contributed by atoms with van der Waals surface area (Å²) >= 11 is 0. The van der Waals surface area contributed by atoms with E-state index in [1.54, 1.807) is 6.20 Å². The Balaban J connectivity index is 2.62. The van der Waals surface area contributed by atoms with Gasteiger partial charge in [-0.05, 0) is 12.1 Å². The summed E-state index contributed by atoms with van der Waals surface area (Å²) in [5.74, 6) is 1.90. The van der Waals surface area contributed by atoms with Crippen molar-refractivity contribution >= 4 is 16.8 Å². The van der Waals surface area contributed by atoms with Crippen molar-refractivity contribution in [1.82, 2.24) is 4.98 Å². The van der Waals surface area contributed by atoms with Crippen LogP contribution in [-0.2, 0) is 0 Å². The number of aromatic nitrogens is 1. The van der Waals surface area contributed by atoms with E-state index in [4.69, 9.17) is 10.2 Å². The van der Waals surface area contributed by atoms with E-state index in [1.165, 1.54) is 0 Å². The lowest BCUT2D eigenvalue weighted by Gasteiger charge is -1.95. The van der Waals surface area contributed by atoms with Gasteiger partial charge < -0.3 is 10.2 Å². The van der Waals surface area contributed by atoms with E-state index >= 15 is 0 Å². The predicted octanol–water partition coefficient (Wildman–Crippen LogP) is 2.53. The molecule has 0 radical (unpaired) electrons. The van der Waals surface area contributed by atoms with Gasteiger partial charge >= 0.3 is 0 Å². The monoisotopic (exact) mass is 176 g/mol. The van der Waals surface area contributed by atoms with Crippen LogP contribution in [0.4, 0.5) is 5.82 Å². The van der Waals surface area contributed by atoms with Crippen molar-refractivity contribution < 1.29 is 4.42 Å². The smallest absolute Gasteiger partial charge is 0.152 e. The van der Waals surface area contributed by atoms with E-state index < -0.39 is 0 Å². The minimum atomic E-state index is 0.397. The highest BCUT2D eigenvalue weighted by Crippen LogP contribution is 2.24. The van der Waals surface area contributed by atoms with Gasteiger partial charge in [0.25, 0.3) is 0 Å². The van der Waals surface area contributed by atoms with Gasteiger partial charge in [0.1, 0.15) is 11.6 Å². The fourth-order valence-electron chi connectivity index (χ4n) is 1.27. The van der Waals surface area contributed by atoms with Crippen LogP contribution in [0.2, 0.25) is 0 Å². The summed E-state index contributed by atoms with van der Waals surface area (Å²) in [5.41, 5.74) is 6.36. The molecule has 0 aliphatic carbocycles. The van der Waals surface area contributed by atoms with E-state index in [1.807, 2.05) is 12.1 Å². The Morgan fingerprint density at radius 3 is 2.85 bits per heavy atom. The molecule has 0 fully saturated rings. The summed E-state index contributed by atoms with van der Waals surface area (Å²) in [7, 11) is 0. The Hall–Kier alpha value is -1.51. The van der Waals surface area contributed by atoms with Crippen LogP contribution in [0, 0.1) is 0 Å². The van der Waals surface area contributed by atoms with Crippen molar-refractivity contribution in [1.29, 1.82) is 0 Å². The van der Waals surface area contributed by atoms with Gasteiger partial charge in [-0.3, -0.25) is 0 Å². The molecule has 2 aromatic rings. The number of pyridine rings is 1. The highest BCUT2D eigenvalue weighted by molar-refractivity contribution is 5.79. The van der Waals surface area contributed by atoms with Gasteiger partial charge in [0.15, 0.2) is 5.58 Å². The highest BCUT2D eigenvalue weighted by atomic mass is 16.3. The predicted molar refractivity (Wildman–Crippen MR) is 52.5 cm³/mol. The van der Waals surface area contributed by atoms with E-state index in [2.05, 4.69) is 18.8 Å². The quantitative estimate of drug-likeness (QED) is 0.726. The van der Waals surface area contributed by atoms with Crippen LogP contribution in [0.25, 0.3) is 11.0 Å². The second kappa shape index (κ2) is 2.76. The van der Waals surface area contributed by atoms with Crippen LogP contribution in [0.15, 0.2) is 22.7 Å². The molecule has 0 saturated carbocycles. The molecule has 0 saturated heterocycles. The zero-order valence-electron chi connectivity index (χ0n) is 7.74. The van der Waals surface area contributed by atoms with Crippen LogP contribution >= 0.6 is 0 Å². The van der Waals surface area contributed by atoms with Crippen LogP contribution in [0.3, 0.4) is 0 Å². The Morgan fingerprint density at radius 1 is 1.38 bits per heavy atom. The molecule has 0 spiro atoms. The van der Waals surface area contributed by atoms with Gasteiger partial charge in [-0.1, -0.05) is 13.8 Å². The molecular formula is C10H12N2O. The molecule has 0 aromatic carbocycles. The zero-order chi connectivity index (χ0) is 9.42. The zero-order valence-corrected chi connectivity index (χ0v) is 7.74. The maximum absolute atomic E-state index is 5.57. The number of hydrogen-bond acceptors (Lipinski definition) is 3. The molecule has 2 N–H and O–H groups in total. The number of furan rings is 1. The van der Waals surface area contributed by atoms with Gasteiger partial charge in [0.05, 0.1) is 6.20 Å². The standard InChI is InChI=1S/C10H12N2O/c1-6(2)8-3-7-4-10(11)12-5-9(7)13-8/h3-6H,1-2H3,(H2,11,12). The number of nitrogens with zero attached hydrogens (tertiary/aromatic N) is 1. The molecule has 0 bridgehead atoms. The molecule has 0 aliphatic rings. The van der Waals surface area contributed by atoms with Crippen LogP contribution in [0.5, 0.6) is 0 Å². The van der Waals surface area contributed by atoms with Crippen LogP contribution < -0.4 is 5.73 Å². The maximum Gasteiger partial charge on any atom is 0.152 e. The largest absolute Gasteiger partial charge is 0.459 e. The Bertz CT molecular complexity index is 431. The lowest BCUT2D eigenvalue weighted by molar-refractivity contribution is 0.521. The molecule has 0 atom stereocenters. The van der Waals surface area contributed by atoms with Gasteiger partial charge in [-0.25, -0.2) is 4.98 Å². The average molecular weight is 176 g/mol.